The Labute approximate surface area is 253 Å². The van der Waals surface area contributed by atoms with Crippen molar-refractivity contribution in [3.8, 4) is 11.5 Å². The lowest BCUT2D eigenvalue weighted by molar-refractivity contribution is -0.127. The van der Waals surface area contributed by atoms with Crippen molar-refractivity contribution in [1.82, 2.24) is 10.2 Å². The number of rotatable bonds is 6. The summed E-state index contributed by atoms with van der Waals surface area (Å²) < 4.78 is 6.65. The minimum Gasteiger partial charge on any atom is -0.457 e. The minimum atomic E-state index is -1.57. The van der Waals surface area contributed by atoms with Crippen molar-refractivity contribution in [2.75, 3.05) is 18.8 Å². The standard InChI is InChI=1S/C33H33N5O4S/c1-3-25(39)38-15-7-8-19(17-38)37-32(41)30-27-26-23(13-14-24(34)29(26)43-30)33(36,31(40)28(27)35)22-12-11-21(16-18(22)2)42-20-9-5-4-6-10-20/h3-6,9-14,16,19,28H,1,7-8,15,17,34-36H2,2H3,(H,37,41). The lowest BCUT2D eigenvalue weighted by Gasteiger charge is -2.37. The maximum Gasteiger partial charge on any atom is 0.262 e. The number of para-hydroxylation sites is 1. The van der Waals surface area contributed by atoms with Crippen molar-refractivity contribution in [3.05, 3.63) is 100 Å². The summed E-state index contributed by atoms with van der Waals surface area (Å²) in [6, 6.07) is 16.9. The van der Waals surface area contributed by atoms with E-state index < -0.39 is 17.4 Å². The van der Waals surface area contributed by atoms with Crippen molar-refractivity contribution < 1.29 is 19.1 Å². The summed E-state index contributed by atoms with van der Waals surface area (Å²) in [7, 11) is 0. The van der Waals surface area contributed by atoms with Crippen LogP contribution in [0.5, 0.6) is 11.5 Å². The monoisotopic (exact) mass is 595 g/mol. The summed E-state index contributed by atoms with van der Waals surface area (Å²) >= 11 is 1.21. The normalized spacial score (nSPS) is 21.5. The number of likely N-dealkylation sites (tertiary alicyclic amines) is 1. The van der Waals surface area contributed by atoms with Crippen LogP contribution in [-0.2, 0) is 15.1 Å². The van der Waals surface area contributed by atoms with E-state index in [9.17, 15) is 14.4 Å². The summed E-state index contributed by atoms with van der Waals surface area (Å²) in [6.45, 7) is 6.43. The van der Waals surface area contributed by atoms with Crippen LogP contribution in [0, 0.1) is 6.92 Å². The second-order valence-corrected chi connectivity index (χ2v) is 12.1. The number of thiophene rings is 1. The molecule has 3 unspecified atom stereocenters. The zero-order chi connectivity index (χ0) is 30.5. The number of aryl methyl sites for hydroxylation is 1. The number of ether oxygens (including phenoxy) is 1. The lowest BCUT2D eigenvalue weighted by Crippen LogP contribution is -2.53. The average Bonchev–Trinajstić information content (AvgIpc) is 3.42. The number of hydrogen-bond donors (Lipinski definition) is 4. The minimum absolute atomic E-state index is 0.171. The number of piperidine rings is 1. The predicted octanol–water partition coefficient (Wildman–Crippen LogP) is 4.28. The molecule has 2 aliphatic rings. The molecule has 1 aliphatic heterocycles. The van der Waals surface area contributed by atoms with Gasteiger partial charge in [0.2, 0.25) is 5.91 Å². The van der Waals surface area contributed by atoms with E-state index in [1.165, 1.54) is 17.4 Å². The largest absolute Gasteiger partial charge is 0.457 e. The molecule has 1 aliphatic carbocycles. The van der Waals surface area contributed by atoms with Gasteiger partial charge in [0.15, 0.2) is 5.78 Å². The maximum atomic E-state index is 14.2. The highest BCUT2D eigenvalue weighted by atomic mass is 32.1. The van der Waals surface area contributed by atoms with E-state index >= 15 is 0 Å². The molecular weight excluding hydrogens is 562 g/mol. The van der Waals surface area contributed by atoms with Gasteiger partial charge in [0.1, 0.15) is 17.0 Å². The van der Waals surface area contributed by atoms with Gasteiger partial charge in [-0.1, -0.05) is 36.9 Å². The third kappa shape index (κ3) is 4.77. The van der Waals surface area contributed by atoms with E-state index in [4.69, 9.17) is 21.9 Å². The number of hydrogen-bond acceptors (Lipinski definition) is 8. The zero-order valence-electron chi connectivity index (χ0n) is 23.8. The van der Waals surface area contributed by atoms with Gasteiger partial charge in [0.05, 0.1) is 15.6 Å². The van der Waals surface area contributed by atoms with Crippen molar-refractivity contribution in [1.29, 1.82) is 0 Å². The van der Waals surface area contributed by atoms with Crippen LogP contribution < -0.4 is 27.3 Å². The Morgan fingerprint density at radius 2 is 1.86 bits per heavy atom. The second kappa shape index (κ2) is 11.0. The summed E-state index contributed by atoms with van der Waals surface area (Å²) in [4.78, 5) is 42.0. The van der Waals surface area contributed by atoms with E-state index in [0.717, 1.165) is 18.4 Å². The summed E-state index contributed by atoms with van der Waals surface area (Å²) in [5.74, 6) is 0.354. The first-order valence-corrected chi connectivity index (χ1v) is 15.0. The molecule has 10 heteroatoms. The van der Waals surface area contributed by atoms with Crippen molar-refractivity contribution in [2.45, 2.75) is 37.4 Å². The molecule has 7 N–H and O–H groups in total. The Balaban J connectivity index is 1.39. The molecule has 220 valence electrons. The summed E-state index contributed by atoms with van der Waals surface area (Å²) in [5, 5.41) is 3.70. The molecule has 1 fully saturated rings. The fourth-order valence-electron chi connectivity index (χ4n) is 6.27. The first-order chi connectivity index (χ1) is 20.6. The van der Waals surface area contributed by atoms with E-state index in [-0.39, 0.29) is 17.9 Å². The van der Waals surface area contributed by atoms with Crippen LogP contribution in [0.15, 0.2) is 73.3 Å². The number of nitrogens with zero attached hydrogens (tertiary/aromatic N) is 1. The average molecular weight is 596 g/mol. The smallest absolute Gasteiger partial charge is 0.262 e. The number of benzene rings is 3. The molecule has 0 radical (unpaired) electrons. The third-order valence-corrected chi connectivity index (χ3v) is 9.62. The number of anilines is 1. The highest BCUT2D eigenvalue weighted by Crippen LogP contribution is 2.50. The quantitative estimate of drug-likeness (QED) is 0.192. The Kier molecular flexibility index (Phi) is 7.29. The fraction of sp³-hybridized carbons (Fsp3) is 0.242. The Morgan fingerprint density at radius 1 is 1.12 bits per heavy atom. The van der Waals surface area contributed by atoms with E-state index in [2.05, 4.69) is 11.9 Å². The van der Waals surface area contributed by atoms with Crippen LogP contribution in [0.2, 0.25) is 0 Å². The number of carbonyl (C=O) groups is 3. The number of nitrogens with one attached hydrogen (secondary N) is 1. The van der Waals surface area contributed by atoms with Crippen LogP contribution in [0.25, 0.3) is 10.1 Å². The molecule has 9 nitrogen and oxygen atoms in total. The SMILES string of the molecule is C=CC(=O)N1CCCC(NC(=O)c2sc3c(N)ccc4c3c2C(N)C(=O)C4(N)c2ccc(Oc3ccccc3)cc2C)C1. The predicted molar refractivity (Wildman–Crippen MR) is 168 cm³/mol. The molecule has 1 aromatic heterocycles. The van der Waals surface area contributed by atoms with Crippen LogP contribution in [-0.4, -0.2) is 41.6 Å². The van der Waals surface area contributed by atoms with E-state index in [0.29, 0.717) is 61.9 Å². The molecule has 2 heterocycles. The van der Waals surface area contributed by atoms with Gasteiger partial charge < -0.3 is 32.2 Å². The van der Waals surface area contributed by atoms with Gasteiger partial charge in [-0.25, -0.2) is 0 Å². The number of nitrogens with two attached hydrogens (primary N) is 3. The van der Waals surface area contributed by atoms with E-state index in [1.807, 2.05) is 43.3 Å². The molecule has 4 aromatic rings. The number of nitrogen functional groups attached to an aromatic ring is 1. The molecule has 3 aromatic carbocycles. The molecule has 0 saturated carbocycles. The topological polar surface area (TPSA) is 154 Å². The van der Waals surface area contributed by atoms with Gasteiger partial charge in [-0.2, -0.15) is 0 Å². The zero-order valence-corrected chi connectivity index (χ0v) is 24.6. The van der Waals surface area contributed by atoms with Crippen molar-refractivity contribution >= 4 is 44.7 Å². The highest BCUT2D eigenvalue weighted by molar-refractivity contribution is 7.21. The lowest BCUT2D eigenvalue weighted by atomic mass is 9.69. The molecule has 3 atom stereocenters. The molecular formula is C33H33N5O4S. The van der Waals surface area contributed by atoms with Crippen LogP contribution in [0.3, 0.4) is 0 Å². The van der Waals surface area contributed by atoms with Gasteiger partial charge in [-0.3, -0.25) is 14.4 Å². The first-order valence-electron chi connectivity index (χ1n) is 14.1. The number of amides is 2. The van der Waals surface area contributed by atoms with Crippen LogP contribution in [0.4, 0.5) is 5.69 Å². The van der Waals surface area contributed by atoms with E-state index in [1.54, 1.807) is 29.2 Å². The summed E-state index contributed by atoms with van der Waals surface area (Å²) in [5.41, 5.74) is 21.4. The van der Waals surface area contributed by atoms with Gasteiger partial charge in [0, 0.05) is 35.8 Å². The van der Waals surface area contributed by atoms with Crippen LogP contribution in [0.1, 0.15) is 50.8 Å². The Morgan fingerprint density at radius 3 is 2.58 bits per heavy atom. The number of Topliss-reactive ketones (excluding diaryl/α,β-unsaturated/α-hetero) is 1. The highest BCUT2D eigenvalue weighted by Gasteiger charge is 2.49. The molecule has 0 spiro atoms. The van der Waals surface area contributed by atoms with Gasteiger partial charge in [-0.15, -0.1) is 11.3 Å². The summed E-state index contributed by atoms with van der Waals surface area (Å²) in [6.07, 6.45) is 2.75. The molecule has 43 heavy (non-hydrogen) atoms. The Hall–Kier alpha value is -4.51. The third-order valence-electron chi connectivity index (χ3n) is 8.36. The maximum absolute atomic E-state index is 14.2. The first kappa shape index (κ1) is 28.6. The fourth-order valence-corrected chi connectivity index (χ4v) is 7.47. The molecule has 1 saturated heterocycles. The van der Waals surface area contributed by atoms with Crippen molar-refractivity contribution in [2.24, 2.45) is 11.5 Å². The molecule has 0 bridgehead atoms. The van der Waals surface area contributed by atoms with Crippen LogP contribution >= 0.6 is 11.3 Å². The van der Waals surface area contributed by atoms with Gasteiger partial charge in [-0.05, 0) is 72.9 Å². The van der Waals surface area contributed by atoms with Gasteiger partial charge in [0.25, 0.3) is 5.91 Å². The van der Waals surface area contributed by atoms with Crippen molar-refractivity contribution in [3.63, 3.8) is 0 Å². The second-order valence-electron chi connectivity index (χ2n) is 11.1. The number of carbonyl (C=O) groups excluding carboxylic acids is 3. The molecule has 2 amide bonds. The van der Waals surface area contributed by atoms with Gasteiger partial charge >= 0.3 is 0 Å². The Bertz CT molecular complexity index is 1790. The molecule has 6 rings (SSSR count). The number of ketones is 1.